The second-order valence-electron chi connectivity index (χ2n) is 5.95. The van der Waals surface area contributed by atoms with Gasteiger partial charge in [-0.05, 0) is 41.5 Å². The fourth-order valence-corrected chi connectivity index (χ4v) is 3.06. The van der Waals surface area contributed by atoms with Crippen LogP contribution >= 0.6 is 0 Å². The first-order valence-electron chi connectivity index (χ1n) is 8.22. The lowest BCUT2D eigenvalue weighted by Crippen LogP contribution is -2.19. The molecule has 3 aromatic rings. The Labute approximate surface area is 150 Å². The Bertz CT molecular complexity index is 930. The molecule has 6 heteroatoms. The standard InChI is InChI=1S/C20H17N3O3/c1-25-16-6-4-5-13(10-16)19-18(23-20(24)26-19)15-9-14(11-21-12-15)17-7-2-3-8-22-17/h2-12,18-19H,1H3,(H,23,24)/t18-,19-/m1/s1. The van der Waals surface area contributed by atoms with Crippen molar-refractivity contribution in [3.05, 3.63) is 78.2 Å². The van der Waals surface area contributed by atoms with E-state index in [1.54, 1.807) is 25.7 Å². The van der Waals surface area contributed by atoms with Gasteiger partial charge >= 0.3 is 6.09 Å². The van der Waals surface area contributed by atoms with Gasteiger partial charge in [0, 0.05) is 24.2 Å². The smallest absolute Gasteiger partial charge is 0.408 e. The molecule has 0 radical (unpaired) electrons. The summed E-state index contributed by atoms with van der Waals surface area (Å²) in [7, 11) is 1.61. The number of methoxy groups -OCH3 is 1. The first-order valence-corrected chi connectivity index (χ1v) is 8.22. The number of hydrogen-bond acceptors (Lipinski definition) is 5. The number of nitrogens with one attached hydrogen (secondary N) is 1. The van der Waals surface area contributed by atoms with E-state index in [0.717, 1.165) is 22.4 Å². The molecular weight excluding hydrogens is 330 g/mol. The third-order valence-corrected chi connectivity index (χ3v) is 4.31. The summed E-state index contributed by atoms with van der Waals surface area (Å²) in [5.74, 6) is 0.713. The van der Waals surface area contributed by atoms with Crippen LogP contribution in [0.3, 0.4) is 0 Å². The molecule has 1 N–H and O–H groups in total. The molecule has 1 aliphatic rings. The maximum absolute atomic E-state index is 11.9. The number of alkyl carbamates (subject to hydrolysis) is 1. The molecule has 4 rings (SSSR count). The van der Waals surface area contributed by atoms with Gasteiger partial charge in [0.15, 0.2) is 6.10 Å². The first kappa shape index (κ1) is 16.1. The van der Waals surface area contributed by atoms with Crippen LogP contribution in [-0.4, -0.2) is 23.2 Å². The van der Waals surface area contributed by atoms with Crippen molar-refractivity contribution >= 4 is 6.09 Å². The second kappa shape index (κ2) is 6.84. The van der Waals surface area contributed by atoms with Crippen molar-refractivity contribution in [3.8, 4) is 17.0 Å². The molecular formula is C20H17N3O3. The minimum Gasteiger partial charge on any atom is -0.497 e. The van der Waals surface area contributed by atoms with Crippen LogP contribution in [0.25, 0.3) is 11.3 Å². The predicted octanol–water partition coefficient (Wildman–Crippen LogP) is 3.67. The van der Waals surface area contributed by atoms with Crippen LogP contribution in [0, 0.1) is 0 Å². The number of rotatable bonds is 4. The van der Waals surface area contributed by atoms with Crippen LogP contribution in [-0.2, 0) is 4.74 Å². The zero-order valence-corrected chi connectivity index (χ0v) is 14.1. The molecule has 1 saturated heterocycles. The number of carbonyl (C=O) groups excluding carboxylic acids is 1. The van der Waals surface area contributed by atoms with E-state index in [4.69, 9.17) is 9.47 Å². The molecule has 1 amide bonds. The zero-order chi connectivity index (χ0) is 17.9. The molecule has 3 heterocycles. The molecule has 0 spiro atoms. The summed E-state index contributed by atoms with van der Waals surface area (Å²) in [5, 5.41) is 2.87. The van der Waals surface area contributed by atoms with E-state index in [1.807, 2.05) is 48.5 Å². The summed E-state index contributed by atoms with van der Waals surface area (Å²) < 4.78 is 10.8. The lowest BCUT2D eigenvalue weighted by molar-refractivity contribution is 0.132. The van der Waals surface area contributed by atoms with Crippen LogP contribution in [0.4, 0.5) is 4.79 Å². The zero-order valence-electron chi connectivity index (χ0n) is 14.1. The largest absolute Gasteiger partial charge is 0.497 e. The normalized spacial score (nSPS) is 18.9. The third-order valence-electron chi connectivity index (χ3n) is 4.31. The highest BCUT2D eigenvalue weighted by atomic mass is 16.6. The number of nitrogens with zero attached hydrogens (tertiary/aromatic N) is 2. The molecule has 2 aromatic heterocycles. The highest BCUT2D eigenvalue weighted by molar-refractivity contribution is 5.71. The van der Waals surface area contributed by atoms with E-state index in [-0.39, 0.29) is 6.04 Å². The molecule has 2 atom stereocenters. The third kappa shape index (κ3) is 3.09. The van der Waals surface area contributed by atoms with Gasteiger partial charge in [0.2, 0.25) is 0 Å². The number of carbonyl (C=O) groups is 1. The topological polar surface area (TPSA) is 73.3 Å². The monoisotopic (exact) mass is 347 g/mol. The quantitative estimate of drug-likeness (QED) is 0.779. The molecule has 6 nitrogen and oxygen atoms in total. The van der Waals surface area contributed by atoms with Crippen LogP contribution < -0.4 is 10.1 Å². The van der Waals surface area contributed by atoms with Gasteiger partial charge < -0.3 is 14.8 Å². The molecule has 1 aliphatic heterocycles. The number of amides is 1. The highest BCUT2D eigenvalue weighted by Crippen LogP contribution is 2.38. The Kier molecular flexibility index (Phi) is 4.23. The van der Waals surface area contributed by atoms with E-state index in [0.29, 0.717) is 5.75 Å². The summed E-state index contributed by atoms with van der Waals surface area (Å²) in [5.41, 5.74) is 3.42. The molecule has 1 fully saturated rings. The van der Waals surface area contributed by atoms with Crippen molar-refractivity contribution in [1.82, 2.24) is 15.3 Å². The van der Waals surface area contributed by atoms with Crippen LogP contribution in [0.5, 0.6) is 5.75 Å². The van der Waals surface area contributed by atoms with E-state index in [9.17, 15) is 4.79 Å². The molecule has 0 aliphatic carbocycles. The van der Waals surface area contributed by atoms with Gasteiger partial charge in [0.05, 0.1) is 12.8 Å². The number of ether oxygens (including phenoxy) is 2. The average molecular weight is 347 g/mol. The van der Waals surface area contributed by atoms with Crippen molar-refractivity contribution in [2.45, 2.75) is 12.1 Å². The van der Waals surface area contributed by atoms with E-state index < -0.39 is 12.2 Å². The SMILES string of the molecule is COc1cccc([C@H]2OC(=O)N[C@@H]2c2cncc(-c3ccccn3)c2)c1. The van der Waals surface area contributed by atoms with Crippen molar-refractivity contribution in [3.63, 3.8) is 0 Å². The Balaban J connectivity index is 1.70. The number of aromatic nitrogens is 2. The number of cyclic esters (lactones) is 1. The first-order chi connectivity index (χ1) is 12.7. The lowest BCUT2D eigenvalue weighted by Gasteiger charge is -2.18. The van der Waals surface area contributed by atoms with Gasteiger partial charge in [-0.25, -0.2) is 4.79 Å². The van der Waals surface area contributed by atoms with Crippen LogP contribution in [0.2, 0.25) is 0 Å². The van der Waals surface area contributed by atoms with Gasteiger partial charge in [-0.1, -0.05) is 18.2 Å². The maximum atomic E-state index is 11.9. The summed E-state index contributed by atoms with van der Waals surface area (Å²) in [4.78, 5) is 20.6. The van der Waals surface area contributed by atoms with Gasteiger partial charge in [-0.3, -0.25) is 9.97 Å². The molecule has 1 aromatic carbocycles. The molecule has 0 unspecified atom stereocenters. The molecule has 26 heavy (non-hydrogen) atoms. The molecule has 130 valence electrons. The summed E-state index contributed by atoms with van der Waals surface area (Å²) in [6, 6.07) is 14.9. The Hall–Kier alpha value is -3.41. The van der Waals surface area contributed by atoms with Crippen molar-refractivity contribution in [1.29, 1.82) is 0 Å². The summed E-state index contributed by atoms with van der Waals surface area (Å²) in [6.07, 6.45) is 4.31. The predicted molar refractivity (Wildman–Crippen MR) is 95.6 cm³/mol. The van der Waals surface area contributed by atoms with Gasteiger partial charge in [-0.2, -0.15) is 0 Å². The summed E-state index contributed by atoms with van der Waals surface area (Å²) in [6.45, 7) is 0. The maximum Gasteiger partial charge on any atom is 0.408 e. The Morgan fingerprint density at radius 1 is 1.08 bits per heavy atom. The molecule has 0 bridgehead atoms. The number of benzene rings is 1. The van der Waals surface area contributed by atoms with Crippen LogP contribution in [0.15, 0.2) is 67.1 Å². The fourth-order valence-electron chi connectivity index (χ4n) is 3.06. The summed E-state index contributed by atoms with van der Waals surface area (Å²) >= 11 is 0. The Morgan fingerprint density at radius 2 is 2.00 bits per heavy atom. The van der Waals surface area contributed by atoms with Gasteiger partial charge in [0.1, 0.15) is 11.8 Å². The van der Waals surface area contributed by atoms with Crippen molar-refractivity contribution in [2.75, 3.05) is 7.11 Å². The molecule has 0 saturated carbocycles. The fraction of sp³-hybridized carbons (Fsp3) is 0.150. The average Bonchev–Trinajstić information content (AvgIpc) is 3.11. The van der Waals surface area contributed by atoms with Crippen LogP contribution in [0.1, 0.15) is 23.3 Å². The van der Waals surface area contributed by atoms with E-state index >= 15 is 0 Å². The van der Waals surface area contributed by atoms with E-state index in [2.05, 4.69) is 15.3 Å². The minimum absolute atomic E-state index is 0.342. The number of pyridine rings is 2. The van der Waals surface area contributed by atoms with Gasteiger partial charge in [0.25, 0.3) is 0 Å². The van der Waals surface area contributed by atoms with Crippen molar-refractivity contribution < 1.29 is 14.3 Å². The number of hydrogen-bond donors (Lipinski definition) is 1. The second-order valence-corrected chi connectivity index (χ2v) is 5.95. The van der Waals surface area contributed by atoms with Gasteiger partial charge in [-0.15, -0.1) is 0 Å². The van der Waals surface area contributed by atoms with Crippen molar-refractivity contribution in [2.24, 2.45) is 0 Å². The lowest BCUT2D eigenvalue weighted by atomic mass is 9.96. The minimum atomic E-state index is -0.460. The highest BCUT2D eigenvalue weighted by Gasteiger charge is 2.37. The Morgan fingerprint density at radius 3 is 2.81 bits per heavy atom. The van der Waals surface area contributed by atoms with E-state index in [1.165, 1.54) is 0 Å².